The van der Waals surface area contributed by atoms with Gasteiger partial charge in [0.25, 0.3) is 0 Å². The molecule has 0 radical (unpaired) electrons. The van der Waals surface area contributed by atoms with Gasteiger partial charge in [0.15, 0.2) is 5.75 Å². The lowest BCUT2D eigenvalue weighted by molar-refractivity contribution is -0.385. The highest BCUT2D eigenvalue weighted by Gasteiger charge is 2.26. The van der Waals surface area contributed by atoms with Gasteiger partial charge in [0, 0.05) is 0 Å². The van der Waals surface area contributed by atoms with Gasteiger partial charge >= 0.3 is 11.7 Å². The van der Waals surface area contributed by atoms with E-state index < -0.39 is 17.4 Å². The van der Waals surface area contributed by atoms with E-state index in [-0.39, 0.29) is 29.8 Å². The number of aliphatic carboxylic acids is 1. The van der Waals surface area contributed by atoms with Crippen molar-refractivity contribution in [3.8, 4) is 18.1 Å². The first-order chi connectivity index (χ1) is 9.86. The van der Waals surface area contributed by atoms with E-state index in [1.807, 2.05) is 0 Å². The molecule has 1 N–H and O–H groups in total. The van der Waals surface area contributed by atoms with Crippen LogP contribution in [0.3, 0.4) is 0 Å². The maximum Gasteiger partial charge on any atom is 0.334 e. The van der Waals surface area contributed by atoms with Crippen LogP contribution < -0.4 is 9.64 Å². The maximum absolute atomic E-state index is 11.3. The van der Waals surface area contributed by atoms with Gasteiger partial charge in [0.1, 0.15) is 12.2 Å². The molecule has 0 unspecified atom stereocenters. The first-order valence-corrected chi connectivity index (χ1v) is 6.21. The van der Waals surface area contributed by atoms with E-state index >= 15 is 0 Å². The van der Waals surface area contributed by atoms with Crippen molar-refractivity contribution >= 4 is 17.3 Å². The third kappa shape index (κ3) is 4.38. The molecule has 0 aromatic heterocycles. The number of terminal acetylenes is 1. The third-order valence-electron chi connectivity index (χ3n) is 2.47. The lowest BCUT2D eigenvalue weighted by atomic mass is 10.2. The molecule has 0 aliphatic heterocycles. The number of hydrogen-bond acceptors (Lipinski definition) is 5. The standard InChI is InChI=1S/C14H16N2O5/c1-4-8-15(9-13(17)18)11-6-5-7-12(21-10(2)3)14(11)16(19)20/h1,5-7,10H,8-9H2,2-3H3,(H,17,18). The number of hydrogen-bond donors (Lipinski definition) is 1. The molecule has 0 amide bonds. The summed E-state index contributed by atoms with van der Waals surface area (Å²) < 4.78 is 5.41. The molecule has 0 bridgehead atoms. The van der Waals surface area contributed by atoms with Gasteiger partial charge in [-0.15, -0.1) is 6.42 Å². The summed E-state index contributed by atoms with van der Waals surface area (Å²) in [6, 6.07) is 4.48. The van der Waals surface area contributed by atoms with Crippen molar-refractivity contribution in [3.63, 3.8) is 0 Å². The number of carboxylic acids is 1. The van der Waals surface area contributed by atoms with Crippen molar-refractivity contribution in [1.29, 1.82) is 0 Å². The van der Waals surface area contributed by atoms with E-state index in [1.165, 1.54) is 17.0 Å². The number of nitrogens with zero attached hydrogens (tertiary/aromatic N) is 2. The molecule has 112 valence electrons. The van der Waals surface area contributed by atoms with Gasteiger partial charge in [-0.1, -0.05) is 12.0 Å². The first kappa shape index (κ1) is 16.3. The van der Waals surface area contributed by atoms with Gasteiger partial charge in [-0.2, -0.15) is 0 Å². The number of anilines is 1. The van der Waals surface area contributed by atoms with Gasteiger partial charge in [0.05, 0.1) is 17.6 Å². The third-order valence-corrected chi connectivity index (χ3v) is 2.47. The zero-order valence-corrected chi connectivity index (χ0v) is 11.8. The highest BCUT2D eigenvalue weighted by Crippen LogP contribution is 2.37. The lowest BCUT2D eigenvalue weighted by Gasteiger charge is -2.21. The average Bonchev–Trinajstić information content (AvgIpc) is 2.36. The Bertz CT molecular complexity index is 577. The number of rotatable bonds is 7. The molecule has 7 heteroatoms. The number of carbonyl (C=O) groups is 1. The second-order valence-electron chi connectivity index (χ2n) is 4.50. The van der Waals surface area contributed by atoms with Crippen LogP contribution in [0.2, 0.25) is 0 Å². The molecule has 0 aliphatic rings. The number of nitro groups is 1. The molecule has 0 spiro atoms. The summed E-state index contributed by atoms with van der Waals surface area (Å²) in [5.74, 6) is 1.25. The number of benzene rings is 1. The topological polar surface area (TPSA) is 92.9 Å². The van der Waals surface area contributed by atoms with Gasteiger partial charge in [0.2, 0.25) is 0 Å². The summed E-state index contributed by atoms with van der Waals surface area (Å²) in [4.78, 5) is 22.9. The summed E-state index contributed by atoms with van der Waals surface area (Å²) in [6.07, 6.45) is 4.95. The normalized spacial score (nSPS) is 10.0. The van der Waals surface area contributed by atoms with E-state index in [9.17, 15) is 14.9 Å². The Morgan fingerprint density at radius 1 is 1.57 bits per heavy atom. The lowest BCUT2D eigenvalue weighted by Crippen LogP contribution is -2.30. The molecule has 21 heavy (non-hydrogen) atoms. The Labute approximate surface area is 122 Å². The van der Waals surface area contributed by atoms with E-state index in [0.29, 0.717) is 0 Å². The monoisotopic (exact) mass is 292 g/mol. The molecule has 0 aliphatic carbocycles. The van der Waals surface area contributed by atoms with Gasteiger partial charge in [-0.3, -0.25) is 14.9 Å². The summed E-state index contributed by atoms with van der Waals surface area (Å²) in [5, 5.41) is 20.2. The average molecular weight is 292 g/mol. The largest absolute Gasteiger partial charge is 0.484 e. The number of ether oxygens (including phenoxy) is 1. The quantitative estimate of drug-likeness (QED) is 0.469. The Morgan fingerprint density at radius 3 is 2.71 bits per heavy atom. The van der Waals surface area contributed by atoms with E-state index in [0.717, 1.165) is 0 Å². The van der Waals surface area contributed by atoms with Crippen molar-refractivity contribution in [1.82, 2.24) is 0 Å². The highest BCUT2D eigenvalue weighted by atomic mass is 16.6. The molecule has 0 fully saturated rings. The predicted molar refractivity (Wildman–Crippen MR) is 77.5 cm³/mol. The van der Waals surface area contributed by atoms with Crippen LogP contribution in [-0.2, 0) is 4.79 Å². The Morgan fingerprint density at radius 2 is 2.24 bits per heavy atom. The summed E-state index contributed by atoms with van der Waals surface area (Å²) in [6.45, 7) is 2.99. The van der Waals surface area contributed by atoms with Gasteiger partial charge < -0.3 is 14.7 Å². The fourth-order valence-corrected chi connectivity index (χ4v) is 1.80. The van der Waals surface area contributed by atoms with Crippen LogP contribution >= 0.6 is 0 Å². The SMILES string of the molecule is C#CCN(CC(=O)O)c1cccc(OC(C)C)c1[N+](=O)[O-]. The minimum absolute atomic E-state index is 0.0573. The molecule has 0 heterocycles. The second kappa shape index (κ2) is 7.14. The molecular weight excluding hydrogens is 276 g/mol. The van der Waals surface area contributed by atoms with Crippen LogP contribution in [0.15, 0.2) is 18.2 Å². The molecule has 1 aromatic carbocycles. The van der Waals surface area contributed by atoms with Gasteiger partial charge in [-0.05, 0) is 26.0 Å². The van der Waals surface area contributed by atoms with Crippen LogP contribution in [0, 0.1) is 22.5 Å². The van der Waals surface area contributed by atoms with Crippen LogP contribution in [0.5, 0.6) is 5.75 Å². The maximum atomic E-state index is 11.3. The zero-order valence-electron chi connectivity index (χ0n) is 11.8. The predicted octanol–water partition coefficient (Wildman–Crippen LogP) is 1.91. The van der Waals surface area contributed by atoms with Crippen LogP contribution in [-0.4, -0.2) is 35.2 Å². The van der Waals surface area contributed by atoms with Crippen LogP contribution in [0.4, 0.5) is 11.4 Å². The Hall–Kier alpha value is -2.75. The van der Waals surface area contributed by atoms with Crippen molar-refractivity contribution in [2.24, 2.45) is 0 Å². The van der Waals surface area contributed by atoms with E-state index in [4.69, 9.17) is 16.3 Å². The van der Waals surface area contributed by atoms with Gasteiger partial charge in [-0.25, -0.2) is 0 Å². The zero-order chi connectivity index (χ0) is 16.0. The van der Waals surface area contributed by atoms with Crippen molar-refractivity contribution in [2.45, 2.75) is 20.0 Å². The minimum Gasteiger partial charge on any atom is -0.484 e. The highest BCUT2D eigenvalue weighted by molar-refractivity contribution is 5.78. The molecule has 1 rings (SSSR count). The molecule has 1 aromatic rings. The summed E-state index contributed by atoms with van der Waals surface area (Å²) in [7, 11) is 0. The van der Waals surface area contributed by atoms with Crippen molar-refractivity contribution < 1.29 is 19.6 Å². The first-order valence-electron chi connectivity index (χ1n) is 6.21. The molecule has 7 nitrogen and oxygen atoms in total. The smallest absolute Gasteiger partial charge is 0.334 e. The number of para-hydroxylation sites is 1. The molecular formula is C14H16N2O5. The Balaban J connectivity index is 3.35. The second-order valence-corrected chi connectivity index (χ2v) is 4.50. The summed E-state index contributed by atoms with van der Waals surface area (Å²) >= 11 is 0. The van der Waals surface area contributed by atoms with Crippen LogP contribution in [0.25, 0.3) is 0 Å². The van der Waals surface area contributed by atoms with Crippen molar-refractivity contribution in [3.05, 3.63) is 28.3 Å². The fourth-order valence-electron chi connectivity index (χ4n) is 1.80. The van der Waals surface area contributed by atoms with Crippen molar-refractivity contribution in [2.75, 3.05) is 18.0 Å². The van der Waals surface area contributed by atoms with E-state index in [1.54, 1.807) is 19.9 Å². The van der Waals surface area contributed by atoms with Crippen LogP contribution in [0.1, 0.15) is 13.8 Å². The fraction of sp³-hybridized carbons (Fsp3) is 0.357. The molecule has 0 atom stereocenters. The Kier molecular flexibility index (Phi) is 5.55. The minimum atomic E-state index is -1.13. The number of nitro benzene ring substituents is 1. The molecule has 0 saturated carbocycles. The summed E-state index contributed by atoms with van der Waals surface area (Å²) in [5.41, 5.74) is -0.166. The van der Waals surface area contributed by atoms with E-state index in [2.05, 4.69) is 5.92 Å². The molecule has 0 saturated heterocycles. The number of carboxylic acid groups (broad SMARTS) is 1.